The van der Waals surface area contributed by atoms with Gasteiger partial charge in [-0.3, -0.25) is 4.90 Å². The van der Waals surface area contributed by atoms with Gasteiger partial charge in [-0.05, 0) is 42.5 Å². The molecular weight excluding hydrogens is 260 g/mol. The maximum atomic E-state index is 5.92. The third-order valence-electron chi connectivity index (χ3n) is 4.39. The zero-order chi connectivity index (χ0) is 15.1. The second kappa shape index (κ2) is 8.40. The van der Waals surface area contributed by atoms with E-state index < -0.39 is 0 Å². The van der Waals surface area contributed by atoms with E-state index in [-0.39, 0.29) is 0 Å². The predicted octanol–water partition coefficient (Wildman–Crippen LogP) is 3.15. The van der Waals surface area contributed by atoms with Crippen LogP contribution in [0.3, 0.4) is 0 Å². The molecule has 1 aliphatic rings. The quantitative estimate of drug-likeness (QED) is 0.744. The average molecular weight is 290 g/mol. The summed E-state index contributed by atoms with van der Waals surface area (Å²) in [6, 6.07) is 8.44. The molecule has 21 heavy (non-hydrogen) atoms. The number of rotatable bonds is 8. The van der Waals surface area contributed by atoms with Gasteiger partial charge in [0.1, 0.15) is 12.4 Å². The fourth-order valence-corrected chi connectivity index (χ4v) is 2.88. The highest BCUT2D eigenvalue weighted by Crippen LogP contribution is 2.21. The first-order valence-electron chi connectivity index (χ1n) is 8.34. The number of hydrogen-bond acceptors (Lipinski definition) is 3. The maximum Gasteiger partial charge on any atom is 0.119 e. The van der Waals surface area contributed by atoms with Gasteiger partial charge in [-0.15, -0.1) is 0 Å². The van der Waals surface area contributed by atoms with Gasteiger partial charge in [0.25, 0.3) is 0 Å². The first-order valence-corrected chi connectivity index (χ1v) is 8.34. The third-order valence-corrected chi connectivity index (χ3v) is 4.39. The molecule has 1 aliphatic heterocycles. The number of benzene rings is 1. The second-order valence-corrected chi connectivity index (χ2v) is 6.39. The zero-order valence-electron chi connectivity index (χ0n) is 13.8. The molecule has 0 amide bonds. The molecule has 0 aromatic heterocycles. The van der Waals surface area contributed by atoms with Crippen LogP contribution in [0.25, 0.3) is 0 Å². The van der Waals surface area contributed by atoms with E-state index in [1.807, 2.05) is 0 Å². The van der Waals surface area contributed by atoms with Crippen molar-refractivity contribution in [1.82, 2.24) is 10.2 Å². The van der Waals surface area contributed by atoms with Gasteiger partial charge in [0, 0.05) is 26.2 Å². The molecule has 0 radical (unpaired) electrons. The van der Waals surface area contributed by atoms with E-state index in [4.69, 9.17) is 4.74 Å². The molecule has 118 valence electrons. The molecule has 2 unspecified atom stereocenters. The van der Waals surface area contributed by atoms with Crippen LogP contribution >= 0.6 is 0 Å². The van der Waals surface area contributed by atoms with Crippen LogP contribution in [0.1, 0.15) is 32.8 Å². The summed E-state index contributed by atoms with van der Waals surface area (Å²) in [5.74, 6) is 2.63. The van der Waals surface area contributed by atoms with Crippen LogP contribution in [0.5, 0.6) is 5.75 Å². The molecule has 1 fully saturated rings. The van der Waals surface area contributed by atoms with Gasteiger partial charge >= 0.3 is 0 Å². The van der Waals surface area contributed by atoms with Crippen molar-refractivity contribution in [3.63, 3.8) is 0 Å². The van der Waals surface area contributed by atoms with Gasteiger partial charge in [0.05, 0.1) is 0 Å². The normalized spacial score (nSPS) is 22.6. The molecule has 1 N–H and O–H groups in total. The van der Waals surface area contributed by atoms with Gasteiger partial charge in [-0.25, -0.2) is 0 Å². The van der Waals surface area contributed by atoms with Gasteiger partial charge in [0.2, 0.25) is 0 Å². The Kier molecular flexibility index (Phi) is 6.52. The van der Waals surface area contributed by atoms with Gasteiger partial charge < -0.3 is 10.1 Å². The van der Waals surface area contributed by atoms with E-state index in [2.05, 4.69) is 55.3 Å². The number of hydrogen-bond donors (Lipinski definition) is 1. The molecule has 2 atom stereocenters. The van der Waals surface area contributed by atoms with Gasteiger partial charge in [0.15, 0.2) is 0 Å². The summed E-state index contributed by atoms with van der Waals surface area (Å²) < 4.78 is 5.92. The van der Waals surface area contributed by atoms with Gasteiger partial charge in [-0.2, -0.15) is 0 Å². The Balaban J connectivity index is 1.72. The Hall–Kier alpha value is -1.06. The van der Waals surface area contributed by atoms with Crippen LogP contribution in [0.2, 0.25) is 0 Å². The van der Waals surface area contributed by atoms with E-state index in [1.165, 1.54) is 25.1 Å². The molecule has 1 aromatic rings. The zero-order valence-corrected chi connectivity index (χ0v) is 13.8. The first kappa shape index (κ1) is 16.3. The molecule has 2 rings (SSSR count). The van der Waals surface area contributed by atoms with E-state index in [9.17, 15) is 0 Å². The summed E-state index contributed by atoms with van der Waals surface area (Å²) in [5, 5.41) is 3.43. The Bertz CT molecular complexity index is 411. The average Bonchev–Trinajstić information content (AvgIpc) is 2.78. The summed E-state index contributed by atoms with van der Waals surface area (Å²) in [4.78, 5) is 2.52. The van der Waals surface area contributed by atoms with Crippen molar-refractivity contribution >= 4 is 0 Å². The number of likely N-dealkylation sites (tertiary alicyclic amines) is 1. The predicted molar refractivity (Wildman–Crippen MR) is 88.7 cm³/mol. The van der Waals surface area contributed by atoms with Crippen LogP contribution in [0.4, 0.5) is 0 Å². The van der Waals surface area contributed by atoms with Crippen LogP contribution in [0.15, 0.2) is 24.3 Å². The SMILES string of the molecule is CCCNCc1cccc(OCCN2CC(C)C(C)C2)c1. The van der Waals surface area contributed by atoms with Crippen molar-refractivity contribution in [2.24, 2.45) is 11.8 Å². The molecule has 0 saturated carbocycles. The van der Waals surface area contributed by atoms with Crippen molar-refractivity contribution in [2.45, 2.75) is 33.7 Å². The Morgan fingerprint density at radius 3 is 2.71 bits per heavy atom. The summed E-state index contributed by atoms with van der Waals surface area (Å²) in [6.07, 6.45) is 1.17. The van der Waals surface area contributed by atoms with Crippen molar-refractivity contribution < 1.29 is 4.74 Å². The summed E-state index contributed by atoms with van der Waals surface area (Å²) in [5.41, 5.74) is 1.30. The minimum Gasteiger partial charge on any atom is -0.492 e. The summed E-state index contributed by atoms with van der Waals surface area (Å²) in [7, 11) is 0. The van der Waals surface area contributed by atoms with Crippen molar-refractivity contribution in [3.05, 3.63) is 29.8 Å². The van der Waals surface area contributed by atoms with Crippen molar-refractivity contribution in [3.8, 4) is 5.75 Å². The van der Waals surface area contributed by atoms with E-state index in [0.29, 0.717) is 0 Å². The van der Waals surface area contributed by atoms with E-state index in [1.54, 1.807) is 0 Å². The van der Waals surface area contributed by atoms with Crippen LogP contribution in [0, 0.1) is 11.8 Å². The molecule has 3 nitrogen and oxygen atoms in total. The van der Waals surface area contributed by atoms with E-state index >= 15 is 0 Å². The lowest BCUT2D eigenvalue weighted by Gasteiger charge is -2.16. The molecule has 0 spiro atoms. The lowest BCUT2D eigenvalue weighted by atomic mass is 10.0. The summed E-state index contributed by atoms with van der Waals surface area (Å²) >= 11 is 0. The third kappa shape index (κ3) is 5.33. The maximum absolute atomic E-state index is 5.92. The molecule has 1 aromatic carbocycles. The Morgan fingerprint density at radius 2 is 2.00 bits per heavy atom. The number of ether oxygens (including phenoxy) is 1. The van der Waals surface area contributed by atoms with Crippen LogP contribution in [-0.2, 0) is 6.54 Å². The monoisotopic (exact) mass is 290 g/mol. The highest BCUT2D eigenvalue weighted by Gasteiger charge is 2.25. The molecular formula is C18H30N2O. The smallest absolute Gasteiger partial charge is 0.119 e. The van der Waals surface area contributed by atoms with Crippen molar-refractivity contribution in [1.29, 1.82) is 0 Å². The standard InChI is InChI=1S/C18H30N2O/c1-4-8-19-12-17-6-5-7-18(11-17)21-10-9-20-13-15(2)16(3)14-20/h5-7,11,15-16,19H,4,8-10,12-14H2,1-3H3. The minimum absolute atomic E-state index is 0.783. The fraction of sp³-hybridized carbons (Fsp3) is 0.667. The first-order chi connectivity index (χ1) is 10.2. The van der Waals surface area contributed by atoms with Crippen LogP contribution < -0.4 is 10.1 Å². The number of nitrogens with zero attached hydrogens (tertiary/aromatic N) is 1. The highest BCUT2D eigenvalue weighted by atomic mass is 16.5. The molecule has 1 saturated heterocycles. The Labute approximate surface area is 129 Å². The van der Waals surface area contributed by atoms with Crippen molar-refractivity contribution in [2.75, 3.05) is 32.8 Å². The second-order valence-electron chi connectivity index (χ2n) is 6.39. The molecule has 0 aliphatic carbocycles. The molecule has 1 heterocycles. The highest BCUT2D eigenvalue weighted by molar-refractivity contribution is 5.28. The topological polar surface area (TPSA) is 24.5 Å². The number of nitrogens with one attached hydrogen (secondary N) is 1. The summed E-state index contributed by atoms with van der Waals surface area (Å²) in [6.45, 7) is 13.1. The fourth-order valence-electron chi connectivity index (χ4n) is 2.88. The lowest BCUT2D eigenvalue weighted by Crippen LogP contribution is -2.26. The Morgan fingerprint density at radius 1 is 1.24 bits per heavy atom. The molecule has 3 heteroatoms. The largest absolute Gasteiger partial charge is 0.492 e. The molecule has 0 bridgehead atoms. The van der Waals surface area contributed by atoms with Gasteiger partial charge in [-0.1, -0.05) is 32.9 Å². The van der Waals surface area contributed by atoms with E-state index in [0.717, 1.165) is 43.8 Å². The van der Waals surface area contributed by atoms with Crippen LogP contribution in [-0.4, -0.2) is 37.7 Å². The lowest BCUT2D eigenvalue weighted by molar-refractivity contribution is 0.232. The minimum atomic E-state index is 0.783.